The number of benzene rings is 2. The molecule has 0 bridgehead atoms. The number of carbonyl (C=O) groups is 1. The summed E-state index contributed by atoms with van der Waals surface area (Å²) in [6.07, 6.45) is 0. The van der Waals surface area contributed by atoms with Gasteiger partial charge in [-0.15, -0.1) is 11.3 Å². The van der Waals surface area contributed by atoms with Crippen molar-refractivity contribution in [3.63, 3.8) is 0 Å². The van der Waals surface area contributed by atoms with Gasteiger partial charge >= 0.3 is 0 Å². The summed E-state index contributed by atoms with van der Waals surface area (Å²) >= 11 is 1.52. The first kappa shape index (κ1) is 20.8. The van der Waals surface area contributed by atoms with Crippen molar-refractivity contribution in [2.75, 3.05) is 26.3 Å². The number of aromatic nitrogens is 3. The molecule has 0 unspecified atom stereocenters. The summed E-state index contributed by atoms with van der Waals surface area (Å²) in [7, 11) is 0. The molecule has 1 saturated heterocycles. The molecule has 7 nitrogen and oxygen atoms in total. The Morgan fingerprint density at radius 3 is 2.66 bits per heavy atom. The summed E-state index contributed by atoms with van der Waals surface area (Å²) in [4.78, 5) is 24.5. The molecule has 2 aromatic heterocycles. The van der Waals surface area contributed by atoms with E-state index in [9.17, 15) is 4.79 Å². The standard InChI is InChI=1S/C24H25N5O2S/c30-23(25-13-18-5-1-2-6-19(18)14-28-9-11-31-12-10-28)15-29-22-8-4-3-7-20(22)27-24(29)21-16-32-17-26-21/h1-8,16-17H,9-15H2,(H,25,30). The number of hydrogen-bond acceptors (Lipinski definition) is 6. The Labute approximate surface area is 190 Å². The van der Waals surface area contributed by atoms with Gasteiger partial charge < -0.3 is 14.6 Å². The Kier molecular flexibility index (Phi) is 6.24. The monoisotopic (exact) mass is 447 g/mol. The highest BCUT2D eigenvalue weighted by atomic mass is 32.1. The molecule has 4 aromatic rings. The lowest BCUT2D eigenvalue weighted by atomic mass is 10.1. The van der Waals surface area contributed by atoms with Crippen LogP contribution in [0.2, 0.25) is 0 Å². The zero-order valence-electron chi connectivity index (χ0n) is 17.7. The minimum Gasteiger partial charge on any atom is -0.379 e. The maximum absolute atomic E-state index is 12.9. The van der Waals surface area contributed by atoms with Crippen molar-refractivity contribution < 1.29 is 9.53 Å². The molecule has 164 valence electrons. The molecule has 0 spiro atoms. The van der Waals surface area contributed by atoms with Gasteiger partial charge in [0.25, 0.3) is 0 Å². The second-order valence-electron chi connectivity index (χ2n) is 7.82. The van der Waals surface area contributed by atoms with E-state index < -0.39 is 0 Å². The fourth-order valence-corrected chi connectivity index (χ4v) is 4.56. The minimum absolute atomic E-state index is 0.0502. The Bertz CT molecular complexity index is 1200. The first-order chi connectivity index (χ1) is 15.8. The lowest BCUT2D eigenvalue weighted by molar-refractivity contribution is -0.121. The average Bonchev–Trinajstić information content (AvgIpc) is 3.48. The third kappa shape index (κ3) is 4.57. The number of thiazole rings is 1. The van der Waals surface area contributed by atoms with Gasteiger partial charge in [0.2, 0.25) is 5.91 Å². The lowest BCUT2D eigenvalue weighted by Gasteiger charge is -2.27. The Morgan fingerprint density at radius 1 is 1.06 bits per heavy atom. The third-order valence-corrected chi connectivity index (χ3v) is 6.30. The van der Waals surface area contributed by atoms with Crippen LogP contribution in [-0.2, 0) is 29.2 Å². The van der Waals surface area contributed by atoms with Gasteiger partial charge in [0.1, 0.15) is 12.2 Å². The van der Waals surface area contributed by atoms with Crippen molar-refractivity contribution in [1.82, 2.24) is 24.8 Å². The van der Waals surface area contributed by atoms with Crippen LogP contribution < -0.4 is 5.32 Å². The molecule has 8 heteroatoms. The molecule has 1 aliphatic rings. The highest BCUT2D eigenvalue weighted by molar-refractivity contribution is 7.07. The Hall–Kier alpha value is -3.07. The number of carbonyl (C=O) groups excluding carboxylic acids is 1. The zero-order valence-corrected chi connectivity index (χ0v) is 18.6. The number of nitrogens with one attached hydrogen (secondary N) is 1. The summed E-state index contributed by atoms with van der Waals surface area (Å²) in [6, 6.07) is 16.2. The first-order valence-electron chi connectivity index (χ1n) is 10.8. The van der Waals surface area contributed by atoms with Crippen molar-refractivity contribution in [3.05, 3.63) is 70.5 Å². The molecule has 1 N–H and O–H groups in total. The van der Waals surface area contributed by atoms with E-state index in [1.165, 1.54) is 16.9 Å². The van der Waals surface area contributed by atoms with Gasteiger partial charge in [0, 0.05) is 31.6 Å². The molecule has 0 radical (unpaired) electrons. The van der Waals surface area contributed by atoms with Gasteiger partial charge in [-0.3, -0.25) is 9.69 Å². The molecule has 0 aliphatic carbocycles. The Balaban J connectivity index is 1.30. The van der Waals surface area contributed by atoms with E-state index in [1.54, 1.807) is 5.51 Å². The summed E-state index contributed by atoms with van der Waals surface area (Å²) in [5.74, 6) is 0.668. The fraction of sp³-hybridized carbons (Fsp3) is 0.292. The zero-order chi connectivity index (χ0) is 21.8. The van der Waals surface area contributed by atoms with E-state index in [2.05, 4.69) is 33.4 Å². The number of amides is 1. The number of rotatable bonds is 7. The minimum atomic E-state index is -0.0502. The average molecular weight is 448 g/mol. The smallest absolute Gasteiger partial charge is 0.240 e. The summed E-state index contributed by atoms with van der Waals surface area (Å²) in [5.41, 5.74) is 6.74. The van der Waals surface area contributed by atoms with Crippen LogP contribution in [0.1, 0.15) is 11.1 Å². The number of morpholine rings is 1. The maximum atomic E-state index is 12.9. The molecule has 3 heterocycles. The van der Waals surface area contributed by atoms with Crippen LogP contribution in [0.3, 0.4) is 0 Å². The molecule has 0 atom stereocenters. The summed E-state index contributed by atoms with van der Waals surface area (Å²) in [6.45, 7) is 4.99. The molecular weight excluding hydrogens is 422 g/mol. The van der Waals surface area contributed by atoms with Crippen molar-refractivity contribution in [2.24, 2.45) is 0 Å². The molecule has 1 aliphatic heterocycles. The van der Waals surface area contributed by atoms with Gasteiger partial charge in [0.05, 0.1) is 29.8 Å². The molecule has 2 aromatic carbocycles. The summed E-state index contributed by atoms with van der Waals surface area (Å²) in [5, 5.41) is 5.06. The first-order valence-corrected chi connectivity index (χ1v) is 11.7. The van der Waals surface area contributed by atoms with Crippen LogP contribution >= 0.6 is 11.3 Å². The lowest BCUT2D eigenvalue weighted by Crippen LogP contribution is -2.36. The van der Waals surface area contributed by atoms with E-state index in [-0.39, 0.29) is 12.5 Å². The SMILES string of the molecule is O=C(Cn1c(-c2cscn2)nc2ccccc21)NCc1ccccc1CN1CCOCC1. The predicted molar refractivity (Wildman–Crippen MR) is 125 cm³/mol. The van der Waals surface area contributed by atoms with Crippen molar-refractivity contribution in [3.8, 4) is 11.5 Å². The number of imidazole rings is 1. The largest absolute Gasteiger partial charge is 0.379 e. The topological polar surface area (TPSA) is 72.3 Å². The van der Waals surface area contributed by atoms with Gasteiger partial charge in [-0.05, 0) is 23.3 Å². The molecule has 1 fully saturated rings. The molecular formula is C24H25N5O2S. The van der Waals surface area contributed by atoms with Crippen LogP contribution in [0.15, 0.2) is 59.4 Å². The normalized spacial score (nSPS) is 14.6. The number of para-hydroxylation sites is 2. The molecule has 0 saturated carbocycles. The quantitative estimate of drug-likeness (QED) is 0.471. The molecule has 32 heavy (non-hydrogen) atoms. The van der Waals surface area contributed by atoms with Crippen LogP contribution in [0, 0.1) is 0 Å². The highest BCUT2D eigenvalue weighted by Crippen LogP contribution is 2.24. The Morgan fingerprint density at radius 2 is 1.84 bits per heavy atom. The van der Waals surface area contributed by atoms with E-state index in [1.807, 2.05) is 40.3 Å². The van der Waals surface area contributed by atoms with Gasteiger partial charge in [-0.2, -0.15) is 0 Å². The third-order valence-electron chi connectivity index (χ3n) is 5.71. The number of hydrogen-bond donors (Lipinski definition) is 1. The van der Waals surface area contributed by atoms with Gasteiger partial charge in [0.15, 0.2) is 5.82 Å². The second kappa shape index (κ2) is 9.60. The number of nitrogens with zero attached hydrogens (tertiary/aromatic N) is 4. The van der Waals surface area contributed by atoms with Crippen molar-refractivity contribution >= 4 is 28.3 Å². The van der Waals surface area contributed by atoms with E-state index in [4.69, 9.17) is 9.72 Å². The van der Waals surface area contributed by atoms with E-state index in [0.29, 0.717) is 6.54 Å². The maximum Gasteiger partial charge on any atom is 0.240 e. The van der Waals surface area contributed by atoms with Crippen LogP contribution in [0.4, 0.5) is 0 Å². The fourth-order valence-electron chi connectivity index (χ4n) is 4.03. The van der Waals surface area contributed by atoms with Crippen LogP contribution in [0.25, 0.3) is 22.6 Å². The van der Waals surface area contributed by atoms with E-state index >= 15 is 0 Å². The number of fused-ring (bicyclic) bond motifs is 1. The molecule has 1 amide bonds. The second-order valence-corrected chi connectivity index (χ2v) is 8.54. The van der Waals surface area contributed by atoms with E-state index in [0.717, 1.165) is 61.0 Å². The van der Waals surface area contributed by atoms with Crippen LogP contribution in [-0.4, -0.2) is 51.6 Å². The highest BCUT2D eigenvalue weighted by Gasteiger charge is 2.17. The summed E-state index contributed by atoms with van der Waals surface area (Å²) < 4.78 is 7.40. The molecule has 5 rings (SSSR count). The van der Waals surface area contributed by atoms with Gasteiger partial charge in [-0.25, -0.2) is 9.97 Å². The van der Waals surface area contributed by atoms with Crippen molar-refractivity contribution in [1.29, 1.82) is 0 Å². The van der Waals surface area contributed by atoms with Crippen LogP contribution in [0.5, 0.6) is 0 Å². The predicted octanol–water partition coefficient (Wildman–Crippen LogP) is 3.31. The number of ether oxygens (including phenoxy) is 1. The van der Waals surface area contributed by atoms with Crippen molar-refractivity contribution in [2.45, 2.75) is 19.6 Å². The van der Waals surface area contributed by atoms with Gasteiger partial charge in [-0.1, -0.05) is 36.4 Å².